The van der Waals surface area contributed by atoms with Gasteiger partial charge in [0.25, 0.3) is 0 Å². The van der Waals surface area contributed by atoms with E-state index in [4.69, 9.17) is 9.73 Å². The molecule has 0 radical (unpaired) electrons. The second-order valence-electron chi connectivity index (χ2n) is 8.73. The Kier molecular flexibility index (Phi) is 7.06. The van der Waals surface area contributed by atoms with Gasteiger partial charge in [0, 0.05) is 22.6 Å². The Balaban J connectivity index is 1.60. The third kappa shape index (κ3) is 4.82. The summed E-state index contributed by atoms with van der Waals surface area (Å²) in [5.41, 5.74) is 3.23. The maximum atomic E-state index is 12.6. The van der Waals surface area contributed by atoms with Crippen LogP contribution in [0.25, 0.3) is 5.69 Å². The van der Waals surface area contributed by atoms with Gasteiger partial charge in [-0.15, -0.1) is 10.2 Å². The third-order valence-corrected chi connectivity index (χ3v) is 7.28. The number of aromatic hydroxyl groups is 2. The molecule has 194 valence electrons. The highest BCUT2D eigenvalue weighted by molar-refractivity contribution is 7.99. The number of hydrogen-bond donors (Lipinski definition) is 3. The summed E-state index contributed by atoms with van der Waals surface area (Å²) in [5.74, 6) is 1.54. The first-order valence-corrected chi connectivity index (χ1v) is 13.0. The van der Waals surface area contributed by atoms with E-state index in [1.807, 2.05) is 60.9 Å². The first kappa shape index (κ1) is 25.3. The van der Waals surface area contributed by atoms with Gasteiger partial charge >= 0.3 is 0 Å². The number of benzene rings is 3. The van der Waals surface area contributed by atoms with Crippen molar-refractivity contribution < 1.29 is 19.7 Å². The van der Waals surface area contributed by atoms with Crippen LogP contribution in [0.4, 0.5) is 0 Å². The molecule has 1 unspecified atom stereocenters. The summed E-state index contributed by atoms with van der Waals surface area (Å²) in [7, 11) is 1.62. The molecule has 1 aliphatic rings. The van der Waals surface area contributed by atoms with Crippen molar-refractivity contribution >= 4 is 23.4 Å². The summed E-state index contributed by atoms with van der Waals surface area (Å²) in [6, 6.07) is 17.9. The molecule has 1 aromatic heterocycles. The fourth-order valence-electron chi connectivity index (χ4n) is 4.41. The molecule has 2 heterocycles. The summed E-state index contributed by atoms with van der Waals surface area (Å²) >= 11 is 1.34. The Bertz CT molecular complexity index is 1530. The van der Waals surface area contributed by atoms with Crippen LogP contribution in [-0.2, 0) is 4.79 Å². The van der Waals surface area contributed by atoms with Gasteiger partial charge in [0.1, 0.15) is 17.6 Å². The van der Waals surface area contributed by atoms with E-state index in [0.717, 1.165) is 21.7 Å². The Hall–Kier alpha value is -4.31. The molecule has 0 spiro atoms. The third-order valence-electron chi connectivity index (χ3n) is 6.22. The monoisotopic (exact) mass is 529 g/mol. The zero-order valence-corrected chi connectivity index (χ0v) is 22.0. The number of phenolic OH excluding ortho intramolecular Hbond substituents is 2. The van der Waals surface area contributed by atoms with Crippen molar-refractivity contribution in [1.82, 2.24) is 20.1 Å². The van der Waals surface area contributed by atoms with E-state index in [0.29, 0.717) is 34.6 Å². The molecule has 38 heavy (non-hydrogen) atoms. The average Bonchev–Trinajstić information content (AvgIpc) is 3.24. The van der Waals surface area contributed by atoms with Crippen molar-refractivity contribution in [3.05, 3.63) is 83.4 Å². The highest BCUT2D eigenvalue weighted by atomic mass is 32.2. The maximum absolute atomic E-state index is 12.6. The number of carbonyl (C=O) groups is 1. The smallest absolute Gasteiger partial charge is 0.222 e. The molecule has 0 aliphatic carbocycles. The number of aromatic nitrogens is 3. The number of para-hydroxylation sites is 1. The molecule has 1 aliphatic heterocycles. The van der Waals surface area contributed by atoms with Crippen molar-refractivity contribution in [3.8, 4) is 22.9 Å². The van der Waals surface area contributed by atoms with Crippen LogP contribution in [0.5, 0.6) is 17.2 Å². The number of rotatable bonds is 7. The predicted molar refractivity (Wildman–Crippen MR) is 145 cm³/mol. The number of methoxy groups -OCH3 is 1. The van der Waals surface area contributed by atoms with Gasteiger partial charge < -0.3 is 20.3 Å². The molecule has 4 aromatic rings. The highest BCUT2D eigenvalue weighted by Gasteiger charge is 2.30. The number of amides is 1. The lowest BCUT2D eigenvalue weighted by Crippen LogP contribution is -2.25. The highest BCUT2D eigenvalue weighted by Crippen LogP contribution is 2.40. The van der Waals surface area contributed by atoms with Gasteiger partial charge in [-0.3, -0.25) is 14.4 Å². The molecule has 0 saturated carbocycles. The van der Waals surface area contributed by atoms with E-state index in [-0.39, 0.29) is 23.8 Å². The zero-order chi connectivity index (χ0) is 26.8. The van der Waals surface area contributed by atoms with E-state index in [1.165, 1.54) is 17.8 Å². The Labute approximate surface area is 224 Å². The summed E-state index contributed by atoms with van der Waals surface area (Å²) in [6.07, 6.45) is 0.130. The number of ether oxygens (including phenoxy) is 1. The molecular weight excluding hydrogens is 502 g/mol. The number of phenols is 2. The minimum atomic E-state index is -0.547. The molecule has 10 heteroatoms. The lowest BCUT2D eigenvalue weighted by atomic mass is 10.00. The first-order chi connectivity index (χ1) is 18.4. The van der Waals surface area contributed by atoms with Crippen LogP contribution in [0.3, 0.4) is 0 Å². The maximum Gasteiger partial charge on any atom is 0.222 e. The van der Waals surface area contributed by atoms with Gasteiger partial charge in [-0.2, -0.15) is 0 Å². The Morgan fingerprint density at radius 2 is 1.89 bits per heavy atom. The van der Waals surface area contributed by atoms with E-state index in [2.05, 4.69) is 15.5 Å². The molecule has 3 N–H and O–H groups in total. The largest absolute Gasteiger partial charge is 0.504 e. The minimum Gasteiger partial charge on any atom is -0.504 e. The van der Waals surface area contributed by atoms with Crippen LogP contribution < -0.4 is 10.1 Å². The fourth-order valence-corrected chi connectivity index (χ4v) is 5.29. The fraction of sp³-hybridized carbons (Fsp3) is 0.214. The minimum absolute atomic E-state index is 0.117. The lowest BCUT2D eigenvalue weighted by Gasteiger charge is -2.14. The van der Waals surface area contributed by atoms with Crippen LogP contribution in [0.1, 0.15) is 42.2 Å². The first-order valence-electron chi connectivity index (χ1n) is 12.1. The van der Waals surface area contributed by atoms with Crippen LogP contribution in [0.2, 0.25) is 0 Å². The van der Waals surface area contributed by atoms with Gasteiger partial charge in [0.2, 0.25) is 5.91 Å². The molecule has 3 aromatic carbocycles. The number of nitrogens with zero attached hydrogens (tertiary/aromatic N) is 4. The normalized spacial score (nSPS) is 14.2. The Morgan fingerprint density at radius 1 is 1.11 bits per heavy atom. The summed E-state index contributed by atoms with van der Waals surface area (Å²) in [4.78, 5) is 19.1. The van der Waals surface area contributed by atoms with Crippen molar-refractivity contribution in [2.45, 2.75) is 36.1 Å². The molecular formula is C28H27N5O4S. The standard InChI is InChI=1S/C28H27N5O4S/c1-4-29-25(35)15-21-28-32-31-16(2)33(28)22-13-10-18(37-3)14-20(22)26(30-21)17-8-11-19(12-9-17)38-24-7-5-6-23(34)27(24)36/h5-14,21,34,36H,4,15H2,1-3H3,(H,29,35). The predicted octanol–water partition coefficient (Wildman–Crippen LogP) is 4.57. The molecule has 0 bridgehead atoms. The average molecular weight is 530 g/mol. The summed E-state index contributed by atoms with van der Waals surface area (Å²) in [5, 5.41) is 31.6. The van der Waals surface area contributed by atoms with E-state index in [1.54, 1.807) is 19.2 Å². The van der Waals surface area contributed by atoms with E-state index in [9.17, 15) is 15.0 Å². The number of aryl methyl sites for hydroxylation is 1. The second kappa shape index (κ2) is 10.6. The number of nitrogens with one attached hydrogen (secondary N) is 1. The van der Waals surface area contributed by atoms with Crippen molar-refractivity contribution in [2.75, 3.05) is 13.7 Å². The number of carbonyl (C=O) groups excluding carboxylic acids is 1. The molecule has 0 fully saturated rings. The van der Waals surface area contributed by atoms with E-state index < -0.39 is 6.04 Å². The topological polar surface area (TPSA) is 122 Å². The molecule has 5 rings (SSSR count). The number of aliphatic imine (C=N–C) groups is 1. The second-order valence-corrected chi connectivity index (χ2v) is 9.84. The van der Waals surface area contributed by atoms with Crippen molar-refractivity contribution in [1.29, 1.82) is 0 Å². The molecule has 1 atom stereocenters. The van der Waals surface area contributed by atoms with E-state index >= 15 is 0 Å². The quantitative estimate of drug-likeness (QED) is 0.300. The van der Waals surface area contributed by atoms with Gasteiger partial charge in [-0.05, 0) is 56.3 Å². The van der Waals surface area contributed by atoms with Crippen molar-refractivity contribution in [3.63, 3.8) is 0 Å². The summed E-state index contributed by atoms with van der Waals surface area (Å²) in [6.45, 7) is 4.28. The SMILES string of the molecule is CCNC(=O)CC1N=C(c2ccc(Sc3cccc(O)c3O)cc2)c2cc(OC)ccc2-n2c(C)nnc21. The van der Waals surface area contributed by atoms with Gasteiger partial charge in [0.15, 0.2) is 17.3 Å². The lowest BCUT2D eigenvalue weighted by molar-refractivity contribution is -0.121. The van der Waals surface area contributed by atoms with Crippen LogP contribution in [0.15, 0.2) is 75.4 Å². The van der Waals surface area contributed by atoms with Crippen LogP contribution >= 0.6 is 11.8 Å². The van der Waals surface area contributed by atoms with Gasteiger partial charge in [-0.25, -0.2) is 0 Å². The zero-order valence-electron chi connectivity index (χ0n) is 21.2. The molecule has 1 amide bonds. The van der Waals surface area contributed by atoms with Crippen LogP contribution in [-0.4, -0.2) is 50.3 Å². The molecule has 0 saturated heterocycles. The Morgan fingerprint density at radius 3 is 2.63 bits per heavy atom. The van der Waals surface area contributed by atoms with Gasteiger partial charge in [-0.1, -0.05) is 30.0 Å². The number of hydrogen-bond acceptors (Lipinski definition) is 8. The number of fused-ring (bicyclic) bond motifs is 3. The molecule has 9 nitrogen and oxygen atoms in total. The summed E-state index contributed by atoms with van der Waals surface area (Å²) < 4.78 is 7.48. The van der Waals surface area contributed by atoms with Crippen LogP contribution in [0, 0.1) is 6.92 Å². The van der Waals surface area contributed by atoms with Gasteiger partial charge in [0.05, 0.1) is 29.8 Å². The van der Waals surface area contributed by atoms with Crippen molar-refractivity contribution in [2.24, 2.45) is 4.99 Å².